The van der Waals surface area contributed by atoms with Crippen molar-refractivity contribution in [2.45, 2.75) is 57.7 Å². The molecule has 1 rings (SSSR count). The van der Waals surface area contributed by atoms with Crippen LogP contribution in [0.15, 0.2) is 0 Å². The van der Waals surface area contributed by atoms with Crippen molar-refractivity contribution in [1.29, 1.82) is 0 Å². The van der Waals surface area contributed by atoms with E-state index >= 15 is 0 Å². The van der Waals surface area contributed by atoms with Crippen molar-refractivity contribution in [3.05, 3.63) is 0 Å². The topological polar surface area (TPSA) is 29.1 Å². The molecule has 2 nitrogen and oxygen atoms in total. The van der Waals surface area contributed by atoms with E-state index in [4.69, 9.17) is 11.6 Å². The minimum absolute atomic E-state index is 0.0469. The molecule has 1 aliphatic rings. The highest BCUT2D eigenvalue weighted by Gasteiger charge is 2.42. The van der Waals surface area contributed by atoms with Gasteiger partial charge in [-0.1, -0.05) is 6.92 Å². The fraction of sp³-hybridized carbons (Fsp3) is 0.923. The third-order valence-corrected chi connectivity index (χ3v) is 4.65. The highest BCUT2D eigenvalue weighted by atomic mass is 35.5. The summed E-state index contributed by atoms with van der Waals surface area (Å²) in [5.74, 6) is -1.42. The van der Waals surface area contributed by atoms with Gasteiger partial charge < -0.3 is 5.32 Å². The SMILES string of the molecule is CCC(C)(CCl)NC(=O)C1CCC(C(F)(F)F)CC1. The number of hydrogen-bond acceptors (Lipinski definition) is 1. The first-order chi connectivity index (χ1) is 8.72. The molecule has 6 heteroatoms. The Morgan fingerprint density at radius 3 is 2.16 bits per heavy atom. The molecule has 0 aromatic carbocycles. The van der Waals surface area contributed by atoms with Crippen LogP contribution in [0.2, 0.25) is 0 Å². The van der Waals surface area contributed by atoms with Crippen LogP contribution in [-0.4, -0.2) is 23.5 Å². The molecule has 0 heterocycles. The molecule has 1 N–H and O–H groups in total. The van der Waals surface area contributed by atoms with Gasteiger partial charge in [0.2, 0.25) is 5.91 Å². The number of carbonyl (C=O) groups excluding carboxylic acids is 1. The maximum atomic E-state index is 12.5. The van der Waals surface area contributed by atoms with Crippen LogP contribution in [0.5, 0.6) is 0 Å². The Balaban J connectivity index is 2.50. The van der Waals surface area contributed by atoms with E-state index in [1.807, 2.05) is 13.8 Å². The Morgan fingerprint density at radius 1 is 1.26 bits per heavy atom. The van der Waals surface area contributed by atoms with E-state index in [0.29, 0.717) is 25.1 Å². The van der Waals surface area contributed by atoms with Gasteiger partial charge in [0.15, 0.2) is 0 Å². The summed E-state index contributed by atoms with van der Waals surface area (Å²) in [7, 11) is 0. The van der Waals surface area contributed by atoms with Gasteiger partial charge in [-0.05, 0) is 39.0 Å². The summed E-state index contributed by atoms with van der Waals surface area (Å²) in [6.45, 7) is 3.77. The molecule has 112 valence electrons. The number of rotatable bonds is 4. The fourth-order valence-electron chi connectivity index (χ4n) is 2.30. The van der Waals surface area contributed by atoms with Gasteiger partial charge in [-0.3, -0.25) is 4.79 Å². The van der Waals surface area contributed by atoms with Crippen LogP contribution < -0.4 is 5.32 Å². The summed E-state index contributed by atoms with van der Waals surface area (Å²) in [6.07, 6.45) is -2.73. The van der Waals surface area contributed by atoms with Crippen LogP contribution in [0.25, 0.3) is 0 Å². The number of carbonyl (C=O) groups is 1. The molecule has 0 saturated heterocycles. The van der Waals surface area contributed by atoms with Crippen molar-refractivity contribution in [1.82, 2.24) is 5.32 Å². The van der Waals surface area contributed by atoms with E-state index in [-0.39, 0.29) is 24.7 Å². The van der Waals surface area contributed by atoms with Gasteiger partial charge in [0.1, 0.15) is 0 Å². The van der Waals surface area contributed by atoms with Crippen molar-refractivity contribution in [2.24, 2.45) is 11.8 Å². The smallest absolute Gasteiger partial charge is 0.350 e. The van der Waals surface area contributed by atoms with Crippen molar-refractivity contribution in [2.75, 3.05) is 5.88 Å². The van der Waals surface area contributed by atoms with Gasteiger partial charge in [0.25, 0.3) is 0 Å². The molecule has 0 aliphatic heterocycles. The normalized spacial score (nSPS) is 27.7. The lowest BCUT2D eigenvalue weighted by atomic mass is 9.81. The van der Waals surface area contributed by atoms with Gasteiger partial charge >= 0.3 is 6.18 Å². The Labute approximate surface area is 117 Å². The van der Waals surface area contributed by atoms with Crippen LogP contribution >= 0.6 is 11.6 Å². The summed E-state index contributed by atoms with van der Waals surface area (Å²) in [4.78, 5) is 12.0. The molecule has 0 spiro atoms. The standard InChI is InChI=1S/C13H21ClF3NO/c1-3-12(2,8-14)18-11(19)9-4-6-10(7-5-9)13(15,16)17/h9-10H,3-8H2,1-2H3,(H,18,19). The molecule has 1 unspecified atom stereocenters. The molecule has 0 bridgehead atoms. The summed E-state index contributed by atoms with van der Waals surface area (Å²) >= 11 is 5.81. The summed E-state index contributed by atoms with van der Waals surface area (Å²) in [5, 5.41) is 2.86. The Hall–Kier alpha value is -0.450. The van der Waals surface area contributed by atoms with E-state index in [2.05, 4.69) is 5.32 Å². The fourth-order valence-corrected chi connectivity index (χ4v) is 2.55. The Kier molecular flexibility index (Phi) is 5.53. The maximum absolute atomic E-state index is 12.5. The van der Waals surface area contributed by atoms with Crippen LogP contribution in [0, 0.1) is 11.8 Å². The monoisotopic (exact) mass is 299 g/mol. The zero-order valence-corrected chi connectivity index (χ0v) is 12.1. The number of nitrogens with one attached hydrogen (secondary N) is 1. The second-order valence-electron chi connectivity index (χ2n) is 5.63. The number of amides is 1. The van der Waals surface area contributed by atoms with Crippen molar-refractivity contribution < 1.29 is 18.0 Å². The zero-order valence-electron chi connectivity index (χ0n) is 11.3. The second-order valence-corrected chi connectivity index (χ2v) is 5.89. The van der Waals surface area contributed by atoms with E-state index in [9.17, 15) is 18.0 Å². The Bertz CT molecular complexity index is 308. The van der Waals surface area contributed by atoms with Crippen LogP contribution in [0.1, 0.15) is 46.0 Å². The first-order valence-electron chi connectivity index (χ1n) is 6.66. The number of halogens is 4. The summed E-state index contributed by atoms with van der Waals surface area (Å²) in [6, 6.07) is 0. The molecular weight excluding hydrogens is 279 g/mol. The predicted octanol–water partition coefficient (Wildman–Crippen LogP) is 3.88. The lowest BCUT2D eigenvalue weighted by molar-refractivity contribution is -0.184. The largest absolute Gasteiger partial charge is 0.391 e. The first-order valence-corrected chi connectivity index (χ1v) is 7.20. The molecule has 1 fully saturated rings. The van der Waals surface area contributed by atoms with E-state index < -0.39 is 17.6 Å². The van der Waals surface area contributed by atoms with Crippen molar-refractivity contribution in [3.63, 3.8) is 0 Å². The highest BCUT2D eigenvalue weighted by Crippen LogP contribution is 2.39. The van der Waals surface area contributed by atoms with Gasteiger partial charge in [-0.2, -0.15) is 13.2 Å². The van der Waals surface area contributed by atoms with Crippen molar-refractivity contribution in [3.8, 4) is 0 Å². The van der Waals surface area contributed by atoms with E-state index in [1.54, 1.807) is 0 Å². The quantitative estimate of drug-likeness (QED) is 0.784. The third-order valence-electron chi connectivity index (χ3n) is 4.06. The average Bonchev–Trinajstić information content (AvgIpc) is 2.37. The lowest BCUT2D eigenvalue weighted by Gasteiger charge is -2.33. The highest BCUT2D eigenvalue weighted by molar-refractivity contribution is 6.18. The molecule has 1 saturated carbocycles. The van der Waals surface area contributed by atoms with Gasteiger partial charge in [0.05, 0.1) is 11.5 Å². The number of alkyl halides is 4. The maximum Gasteiger partial charge on any atom is 0.391 e. The van der Waals surface area contributed by atoms with Gasteiger partial charge in [-0.25, -0.2) is 0 Å². The average molecular weight is 300 g/mol. The summed E-state index contributed by atoms with van der Waals surface area (Å²) in [5.41, 5.74) is -0.473. The van der Waals surface area contributed by atoms with Crippen LogP contribution in [0.3, 0.4) is 0 Å². The first kappa shape index (κ1) is 16.6. The van der Waals surface area contributed by atoms with Gasteiger partial charge in [-0.15, -0.1) is 11.6 Å². The molecule has 0 radical (unpaired) electrons. The molecule has 0 aromatic rings. The summed E-state index contributed by atoms with van der Waals surface area (Å²) < 4.78 is 37.6. The van der Waals surface area contributed by atoms with Crippen LogP contribution in [-0.2, 0) is 4.79 Å². The van der Waals surface area contributed by atoms with Crippen LogP contribution in [0.4, 0.5) is 13.2 Å². The molecule has 0 aromatic heterocycles. The minimum atomic E-state index is -4.13. The zero-order chi connectivity index (χ0) is 14.7. The minimum Gasteiger partial charge on any atom is -0.350 e. The number of hydrogen-bond donors (Lipinski definition) is 1. The predicted molar refractivity (Wildman–Crippen MR) is 69.1 cm³/mol. The van der Waals surface area contributed by atoms with E-state index in [1.165, 1.54) is 0 Å². The third kappa shape index (κ3) is 4.55. The lowest BCUT2D eigenvalue weighted by Crippen LogP contribution is -2.50. The van der Waals surface area contributed by atoms with Gasteiger partial charge in [0, 0.05) is 11.8 Å². The molecular formula is C13H21ClF3NO. The Morgan fingerprint density at radius 2 is 1.79 bits per heavy atom. The molecule has 1 aliphatic carbocycles. The van der Waals surface area contributed by atoms with Crippen molar-refractivity contribution >= 4 is 17.5 Å². The molecule has 1 amide bonds. The van der Waals surface area contributed by atoms with E-state index in [0.717, 1.165) is 0 Å². The second kappa shape index (κ2) is 6.33. The molecule has 1 atom stereocenters. The molecule has 19 heavy (non-hydrogen) atoms.